The van der Waals surface area contributed by atoms with Crippen molar-refractivity contribution in [1.29, 1.82) is 0 Å². The maximum atomic E-state index is 12.2. The van der Waals surface area contributed by atoms with Crippen molar-refractivity contribution in [3.05, 3.63) is 17.0 Å². The topological polar surface area (TPSA) is 78.4 Å². The van der Waals surface area contributed by atoms with Gasteiger partial charge < -0.3 is 10.0 Å². The Balaban J connectivity index is 1.70. The van der Waals surface area contributed by atoms with Gasteiger partial charge in [0.25, 0.3) is 0 Å². The zero-order valence-electron chi connectivity index (χ0n) is 11.6. The van der Waals surface area contributed by atoms with Gasteiger partial charge in [0, 0.05) is 18.1 Å². The number of aliphatic hydroxyl groups excluding tert-OH is 1. The summed E-state index contributed by atoms with van der Waals surface area (Å²) in [5, 5.41) is 14.5. The van der Waals surface area contributed by atoms with Crippen molar-refractivity contribution >= 4 is 34.0 Å². The van der Waals surface area contributed by atoms with Crippen molar-refractivity contribution < 1.29 is 9.90 Å². The van der Waals surface area contributed by atoms with Crippen molar-refractivity contribution in [2.24, 2.45) is 0 Å². The molecule has 0 saturated carbocycles. The van der Waals surface area contributed by atoms with Gasteiger partial charge in [0.1, 0.15) is 0 Å². The number of thiophene rings is 1. The number of aliphatic hydroxyl groups is 1. The predicted octanol–water partition coefficient (Wildman–Crippen LogP) is 2.56. The lowest BCUT2D eigenvalue weighted by atomic mass is 10.2. The first-order valence-electron chi connectivity index (χ1n) is 6.75. The maximum absolute atomic E-state index is 12.2. The van der Waals surface area contributed by atoms with Crippen LogP contribution < -0.4 is 5.32 Å². The molecular formula is C13H16N4O2S2. The van der Waals surface area contributed by atoms with Crippen LogP contribution in [-0.2, 0) is 0 Å². The molecule has 0 aromatic carbocycles. The van der Waals surface area contributed by atoms with Crippen LogP contribution in [0.4, 0.5) is 9.93 Å². The highest BCUT2D eigenvalue weighted by atomic mass is 32.1. The van der Waals surface area contributed by atoms with Crippen molar-refractivity contribution in [3.63, 3.8) is 0 Å². The summed E-state index contributed by atoms with van der Waals surface area (Å²) in [5.41, 5.74) is 1.13. The second-order valence-electron chi connectivity index (χ2n) is 4.96. The zero-order chi connectivity index (χ0) is 14.8. The second-order valence-corrected chi connectivity index (χ2v) is 6.63. The Morgan fingerprint density at radius 1 is 1.62 bits per heavy atom. The van der Waals surface area contributed by atoms with Crippen LogP contribution in [0.3, 0.4) is 0 Å². The molecule has 0 radical (unpaired) electrons. The molecule has 0 spiro atoms. The Labute approximate surface area is 130 Å². The molecule has 2 amide bonds. The molecule has 3 rings (SSSR count). The molecule has 0 aliphatic carbocycles. The lowest BCUT2D eigenvalue weighted by Gasteiger charge is -2.22. The predicted molar refractivity (Wildman–Crippen MR) is 83.8 cm³/mol. The summed E-state index contributed by atoms with van der Waals surface area (Å²) < 4.78 is 4.30. The largest absolute Gasteiger partial charge is 0.394 e. The highest BCUT2D eigenvalue weighted by Crippen LogP contribution is 2.29. The molecule has 0 unspecified atom stereocenters. The van der Waals surface area contributed by atoms with Gasteiger partial charge in [-0.1, -0.05) is 0 Å². The molecule has 3 heterocycles. The zero-order valence-corrected chi connectivity index (χ0v) is 13.2. The van der Waals surface area contributed by atoms with Crippen LogP contribution in [0.25, 0.3) is 10.7 Å². The van der Waals surface area contributed by atoms with Crippen LogP contribution in [0.1, 0.15) is 18.4 Å². The smallest absolute Gasteiger partial charge is 0.324 e. The van der Waals surface area contributed by atoms with Crippen molar-refractivity contribution in [2.75, 3.05) is 18.5 Å². The van der Waals surface area contributed by atoms with Crippen LogP contribution in [0.2, 0.25) is 0 Å². The average Bonchev–Trinajstić information content (AvgIpc) is 3.17. The van der Waals surface area contributed by atoms with Gasteiger partial charge in [-0.3, -0.25) is 5.32 Å². The van der Waals surface area contributed by atoms with Gasteiger partial charge >= 0.3 is 6.03 Å². The fourth-order valence-electron chi connectivity index (χ4n) is 2.42. The third kappa shape index (κ3) is 2.92. The summed E-state index contributed by atoms with van der Waals surface area (Å²) in [6.07, 6.45) is 1.77. The van der Waals surface area contributed by atoms with Crippen molar-refractivity contribution in [3.8, 4) is 10.7 Å². The number of nitrogens with zero attached hydrogens (tertiary/aromatic N) is 3. The number of nitrogens with one attached hydrogen (secondary N) is 1. The Bertz CT molecular complexity index is 640. The molecule has 0 bridgehead atoms. The van der Waals surface area contributed by atoms with E-state index in [1.807, 2.05) is 18.4 Å². The first-order chi connectivity index (χ1) is 10.2. The summed E-state index contributed by atoms with van der Waals surface area (Å²) in [6, 6.07) is 1.73. The van der Waals surface area contributed by atoms with Crippen molar-refractivity contribution in [2.45, 2.75) is 25.8 Å². The molecule has 112 valence electrons. The highest BCUT2D eigenvalue weighted by Gasteiger charge is 2.28. The van der Waals surface area contributed by atoms with Crippen LogP contribution in [0.15, 0.2) is 11.4 Å². The van der Waals surface area contributed by atoms with Gasteiger partial charge in [-0.2, -0.15) is 9.36 Å². The fraction of sp³-hybridized carbons (Fsp3) is 0.462. The molecule has 1 aliphatic rings. The van der Waals surface area contributed by atoms with Crippen LogP contribution >= 0.6 is 22.9 Å². The van der Waals surface area contributed by atoms with E-state index in [1.54, 1.807) is 16.2 Å². The lowest BCUT2D eigenvalue weighted by Crippen LogP contribution is -2.40. The summed E-state index contributed by atoms with van der Waals surface area (Å²) in [6.45, 7) is 2.69. The van der Waals surface area contributed by atoms with E-state index in [9.17, 15) is 9.90 Å². The SMILES string of the molecule is Cc1ccsc1-c1nsc(NC(=O)N2CCC[C@H]2CO)n1. The summed E-state index contributed by atoms with van der Waals surface area (Å²) in [7, 11) is 0. The fourth-order valence-corrected chi connectivity index (χ4v) is 3.91. The lowest BCUT2D eigenvalue weighted by molar-refractivity contribution is 0.166. The number of aromatic nitrogens is 2. The van der Waals surface area contributed by atoms with Gasteiger partial charge in [-0.05, 0) is 36.8 Å². The monoisotopic (exact) mass is 324 g/mol. The Kier molecular flexibility index (Phi) is 4.18. The molecule has 6 nitrogen and oxygen atoms in total. The van der Waals surface area contributed by atoms with E-state index in [2.05, 4.69) is 14.7 Å². The minimum atomic E-state index is -0.211. The van der Waals surface area contributed by atoms with Gasteiger partial charge in [0.2, 0.25) is 5.13 Å². The number of aryl methyl sites for hydroxylation is 1. The molecule has 1 atom stereocenters. The number of urea groups is 1. The summed E-state index contributed by atoms with van der Waals surface area (Å²) in [4.78, 5) is 19.3. The number of hydrogen-bond acceptors (Lipinski definition) is 6. The number of rotatable bonds is 3. The maximum Gasteiger partial charge on any atom is 0.324 e. The van der Waals surface area contributed by atoms with E-state index in [1.165, 1.54) is 11.5 Å². The van der Waals surface area contributed by atoms with Gasteiger partial charge in [-0.15, -0.1) is 11.3 Å². The van der Waals surface area contributed by atoms with Gasteiger partial charge in [0.15, 0.2) is 5.82 Å². The number of anilines is 1. The summed E-state index contributed by atoms with van der Waals surface area (Å²) >= 11 is 2.77. The first kappa shape index (κ1) is 14.4. The molecule has 2 N–H and O–H groups in total. The molecule has 21 heavy (non-hydrogen) atoms. The minimum Gasteiger partial charge on any atom is -0.394 e. The van der Waals surface area contributed by atoms with E-state index in [0.29, 0.717) is 17.5 Å². The molecule has 1 saturated heterocycles. The number of likely N-dealkylation sites (tertiary alicyclic amines) is 1. The van der Waals surface area contributed by atoms with E-state index < -0.39 is 0 Å². The molecule has 2 aromatic rings. The molecular weight excluding hydrogens is 308 g/mol. The van der Waals surface area contributed by atoms with E-state index in [-0.39, 0.29) is 18.7 Å². The first-order valence-corrected chi connectivity index (χ1v) is 8.41. The molecule has 2 aromatic heterocycles. The normalized spacial score (nSPS) is 18.2. The van der Waals surface area contributed by atoms with Gasteiger partial charge in [-0.25, -0.2) is 4.79 Å². The molecule has 1 aliphatic heterocycles. The van der Waals surface area contributed by atoms with E-state index >= 15 is 0 Å². The third-order valence-corrected chi connectivity index (χ3v) is 5.20. The van der Waals surface area contributed by atoms with E-state index in [4.69, 9.17) is 0 Å². The van der Waals surface area contributed by atoms with Crippen molar-refractivity contribution in [1.82, 2.24) is 14.3 Å². The highest BCUT2D eigenvalue weighted by molar-refractivity contribution is 7.14. The second kappa shape index (κ2) is 6.08. The number of hydrogen-bond donors (Lipinski definition) is 2. The number of carbonyl (C=O) groups is 1. The molecule has 1 fully saturated rings. The third-order valence-electron chi connectivity index (χ3n) is 3.55. The van der Waals surface area contributed by atoms with Crippen LogP contribution in [0, 0.1) is 6.92 Å². The van der Waals surface area contributed by atoms with Crippen LogP contribution in [-0.4, -0.2) is 44.6 Å². The minimum absolute atomic E-state index is 0.00315. The average molecular weight is 324 g/mol. The van der Waals surface area contributed by atoms with Gasteiger partial charge in [0.05, 0.1) is 17.5 Å². The Hall–Kier alpha value is -1.51. The summed E-state index contributed by atoms with van der Waals surface area (Å²) in [5.74, 6) is 0.655. The number of amides is 2. The Morgan fingerprint density at radius 3 is 3.19 bits per heavy atom. The van der Waals surface area contributed by atoms with Crippen LogP contribution in [0.5, 0.6) is 0 Å². The standard InChI is InChI=1S/C13H16N4O2S2/c1-8-4-6-20-10(8)11-14-12(21-16-11)15-13(19)17-5-2-3-9(17)7-18/h4,6,9,18H,2-3,5,7H2,1H3,(H,14,15,16,19)/t9-/m0/s1. The Morgan fingerprint density at radius 2 is 2.48 bits per heavy atom. The molecule has 8 heteroatoms. The van der Waals surface area contributed by atoms with E-state index in [0.717, 1.165) is 23.3 Å². The quantitative estimate of drug-likeness (QED) is 0.909. The number of carbonyl (C=O) groups excluding carboxylic acids is 1.